The zero-order valence-electron chi connectivity index (χ0n) is 15.4. The van der Waals surface area contributed by atoms with Crippen molar-refractivity contribution in [1.82, 2.24) is 14.6 Å². The van der Waals surface area contributed by atoms with Crippen molar-refractivity contribution in [3.63, 3.8) is 0 Å². The molecule has 2 heterocycles. The number of carbonyl (C=O) groups excluding carboxylic acids is 1. The SMILES string of the molecule is CCCCc1c(Cl)c(OCc2ccccc2)c(C(=O)OCC)c2ncnn12. The van der Waals surface area contributed by atoms with Crippen LogP contribution in [0, 0.1) is 0 Å². The van der Waals surface area contributed by atoms with Crippen molar-refractivity contribution < 1.29 is 14.3 Å². The average Bonchev–Trinajstić information content (AvgIpc) is 3.15. The largest absolute Gasteiger partial charge is 0.486 e. The van der Waals surface area contributed by atoms with Crippen LogP contribution in [0.3, 0.4) is 0 Å². The third kappa shape index (κ3) is 4.06. The van der Waals surface area contributed by atoms with Gasteiger partial charge in [-0.05, 0) is 25.3 Å². The predicted octanol–water partition coefficient (Wildman–Crippen LogP) is 4.48. The number of unbranched alkanes of at least 4 members (excludes halogenated alkanes) is 1. The highest BCUT2D eigenvalue weighted by Gasteiger charge is 2.27. The number of pyridine rings is 1. The lowest BCUT2D eigenvalue weighted by molar-refractivity contribution is 0.0523. The first-order valence-corrected chi connectivity index (χ1v) is 9.43. The van der Waals surface area contributed by atoms with Crippen molar-refractivity contribution in [1.29, 1.82) is 0 Å². The van der Waals surface area contributed by atoms with Crippen LogP contribution in [0.2, 0.25) is 5.02 Å². The van der Waals surface area contributed by atoms with Gasteiger partial charge in [0.05, 0.1) is 12.3 Å². The van der Waals surface area contributed by atoms with E-state index in [1.165, 1.54) is 6.33 Å². The Balaban J connectivity index is 2.10. The second-order valence-electron chi connectivity index (χ2n) is 6.06. The molecule has 0 aliphatic rings. The van der Waals surface area contributed by atoms with Gasteiger partial charge in [-0.15, -0.1) is 0 Å². The van der Waals surface area contributed by atoms with Gasteiger partial charge in [0, 0.05) is 0 Å². The van der Waals surface area contributed by atoms with Gasteiger partial charge in [0.2, 0.25) is 0 Å². The Morgan fingerprint density at radius 1 is 1.22 bits per heavy atom. The van der Waals surface area contributed by atoms with Gasteiger partial charge in [0.15, 0.2) is 11.4 Å². The van der Waals surface area contributed by atoms with Crippen LogP contribution in [-0.2, 0) is 17.8 Å². The summed E-state index contributed by atoms with van der Waals surface area (Å²) in [5, 5.41) is 4.63. The van der Waals surface area contributed by atoms with Gasteiger partial charge >= 0.3 is 5.97 Å². The molecule has 0 fully saturated rings. The van der Waals surface area contributed by atoms with Crippen LogP contribution in [0.15, 0.2) is 36.7 Å². The summed E-state index contributed by atoms with van der Waals surface area (Å²) in [4.78, 5) is 16.9. The van der Waals surface area contributed by atoms with E-state index < -0.39 is 5.97 Å². The van der Waals surface area contributed by atoms with Crippen LogP contribution in [-0.4, -0.2) is 27.2 Å². The molecule has 0 atom stereocenters. The summed E-state index contributed by atoms with van der Waals surface area (Å²) in [6.45, 7) is 4.38. The number of hydrogen-bond acceptors (Lipinski definition) is 5. The number of esters is 1. The first kappa shape index (κ1) is 19.2. The molecule has 3 aromatic rings. The normalized spacial score (nSPS) is 10.9. The third-order valence-electron chi connectivity index (χ3n) is 4.18. The Bertz CT molecular complexity index is 925. The Morgan fingerprint density at radius 2 is 2.00 bits per heavy atom. The fraction of sp³-hybridized carbons (Fsp3) is 0.350. The van der Waals surface area contributed by atoms with Gasteiger partial charge < -0.3 is 9.47 Å². The highest BCUT2D eigenvalue weighted by molar-refractivity contribution is 6.33. The number of hydrogen-bond donors (Lipinski definition) is 0. The Hall–Kier alpha value is -2.60. The molecule has 1 aromatic carbocycles. The molecule has 7 heteroatoms. The van der Waals surface area contributed by atoms with Gasteiger partial charge in [-0.25, -0.2) is 14.3 Å². The molecular formula is C20H22ClN3O3. The number of fused-ring (bicyclic) bond motifs is 1. The zero-order valence-corrected chi connectivity index (χ0v) is 16.2. The summed E-state index contributed by atoms with van der Waals surface area (Å²) in [5.74, 6) is -0.229. The van der Waals surface area contributed by atoms with Crippen molar-refractivity contribution >= 4 is 23.2 Å². The van der Waals surface area contributed by atoms with Crippen molar-refractivity contribution in [3.8, 4) is 5.75 Å². The molecule has 0 N–H and O–H groups in total. The minimum Gasteiger partial charge on any atom is -0.486 e. The molecule has 0 spiro atoms. The van der Waals surface area contributed by atoms with Crippen LogP contribution in [0.5, 0.6) is 5.75 Å². The number of nitrogens with zero attached hydrogens (tertiary/aromatic N) is 3. The molecule has 0 saturated heterocycles. The first-order chi connectivity index (χ1) is 13.2. The lowest BCUT2D eigenvalue weighted by Crippen LogP contribution is -2.14. The van der Waals surface area contributed by atoms with Gasteiger partial charge in [0.25, 0.3) is 0 Å². The number of aryl methyl sites for hydroxylation is 1. The molecule has 2 aromatic heterocycles. The molecule has 142 valence electrons. The van der Waals surface area contributed by atoms with Crippen LogP contribution in [0.4, 0.5) is 0 Å². The molecule has 0 bridgehead atoms. The standard InChI is InChI=1S/C20H22ClN3O3/c1-3-5-11-15-17(21)18(27-12-14-9-7-6-8-10-14)16(20(25)26-4-2)19-22-13-23-24(15)19/h6-10,13H,3-5,11-12H2,1-2H3. The minimum absolute atomic E-state index is 0.204. The molecule has 0 aliphatic heterocycles. The van der Waals surface area contributed by atoms with Crippen LogP contribution in [0.25, 0.3) is 5.65 Å². The lowest BCUT2D eigenvalue weighted by Gasteiger charge is -2.17. The topological polar surface area (TPSA) is 65.7 Å². The van der Waals surface area contributed by atoms with E-state index in [0.29, 0.717) is 22.8 Å². The number of benzene rings is 1. The van der Waals surface area contributed by atoms with Gasteiger partial charge in [-0.2, -0.15) is 5.10 Å². The van der Waals surface area contributed by atoms with Crippen LogP contribution < -0.4 is 4.74 Å². The summed E-state index contributed by atoms with van der Waals surface area (Å²) in [7, 11) is 0. The molecule has 0 radical (unpaired) electrons. The zero-order chi connectivity index (χ0) is 19.2. The van der Waals surface area contributed by atoms with E-state index in [1.54, 1.807) is 11.4 Å². The molecule has 0 unspecified atom stereocenters. The second-order valence-corrected chi connectivity index (χ2v) is 6.44. The summed E-state index contributed by atoms with van der Waals surface area (Å²) in [6, 6.07) is 9.70. The first-order valence-electron chi connectivity index (χ1n) is 9.05. The predicted molar refractivity (Wildman–Crippen MR) is 103 cm³/mol. The van der Waals surface area contributed by atoms with Crippen LogP contribution in [0.1, 0.15) is 48.3 Å². The number of halogens is 1. The Morgan fingerprint density at radius 3 is 2.70 bits per heavy atom. The molecular weight excluding hydrogens is 366 g/mol. The van der Waals surface area contributed by atoms with Crippen molar-refractivity contribution in [3.05, 3.63) is 58.5 Å². The lowest BCUT2D eigenvalue weighted by atomic mass is 10.1. The average molecular weight is 388 g/mol. The molecule has 0 aliphatic carbocycles. The summed E-state index contributed by atoms with van der Waals surface area (Å²) >= 11 is 6.67. The smallest absolute Gasteiger partial charge is 0.345 e. The van der Waals surface area contributed by atoms with E-state index in [0.717, 1.165) is 24.1 Å². The number of aromatic nitrogens is 3. The molecule has 0 saturated carbocycles. The molecule has 3 rings (SSSR count). The van der Waals surface area contributed by atoms with E-state index >= 15 is 0 Å². The number of rotatable bonds is 8. The van der Waals surface area contributed by atoms with E-state index in [9.17, 15) is 4.79 Å². The summed E-state index contributed by atoms with van der Waals surface area (Å²) in [6.07, 6.45) is 4.06. The second kappa shape index (κ2) is 8.86. The summed E-state index contributed by atoms with van der Waals surface area (Å²) < 4.78 is 12.8. The maximum atomic E-state index is 12.6. The molecule has 6 nitrogen and oxygen atoms in total. The highest BCUT2D eigenvalue weighted by atomic mass is 35.5. The minimum atomic E-state index is -0.525. The molecule has 27 heavy (non-hydrogen) atoms. The Labute approximate surface area is 163 Å². The molecule has 0 amide bonds. The van der Waals surface area contributed by atoms with Gasteiger partial charge in [0.1, 0.15) is 23.5 Å². The Kier molecular flexibility index (Phi) is 6.29. The fourth-order valence-electron chi connectivity index (χ4n) is 2.86. The quantitative estimate of drug-likeness (QED) is 0.533. The van der Waals surface area contributed by atoms with Gasteiger partial charge in [-0.1, -0.05) is 55.3 Å². The van der Waals surface area contributed by atoms with Crippen molar-refractivity contribution in [2.24, 2.45) is 0 Å². The third-order valence-corrected chi connectivity index (χ3v) is 4.57. The van der Waals surface area contributed by atoms with E-state index in [2.05, 4.69) is 17.0 Å². The monoisotopic (exact) mass is 387 g/mol. The summed E-state index contributed by atoms with van der Waals surface area (Å²) in [5.41, 5.74) is 2.35. The van der Waals surface area contributed by atoms with Crippen molar-refractivity contribution in [2.75, 3.05) is 6.61 Å². The number of carbonyl (C=O) groups is 1. The van der Waals surface area contributed by atoms with E-state index in [4.69, 9.17) is 21.1 Å². The van der Waals surface area contributed by atoms with E-state index in [1.807, 2.05) is 30.3 Å². The van der Waals surface area contributed by atoms with Crippen LogP contribution >= 0.6 is 11.6 Å². The van der Waals surface area contributed by atoms with Crippen molar-refractivity contribution in [2.45, 2.75) is 39.7 Å². The van der Waals surface area contributed by atoms with E-state index in [-0.39, 0.29) is 18.8 Å². The fourth-order valence-corrected chi connectivity index (χ4v) is 3.18. The maximum Gasteiger partial charge on any atom is 0.345 e. The highest BCUT2D eigenvalue weighted by Crippen LogP contribution is 2.36. The van der Waals surface area contributed by atoms with Gasteiger partial charge in [-0.3, -0.25) is 0 Å². The number of ether oxygens (including phenoxy) is 2. The maximum absolute atomic E-state index is 12.6.